The third-order valence-corrected chi connectivity index (χ3v) is 3.48. The molecule has 0 saturated carbocycles. The van der Waals surface area contributed by atoms with Crippen LogP contribution >= 0.6 is 11.8 Å². The number of thioether (sulfide) groups is 1. The molecule has 0 amide bonds. The summed E-state index contributed by atoms with van der Waals surface area (Å²) in [5.41, 5.74) is 2.38. The summed E-state index contributed by atoms with van der Waals surface area (Å²) in [4.78, 5) is 0. The molecule has 1 aromatic rings. The van der Waals surface area contributed by atoms with Gasteiger partial charge in [0.25, 0.3) is 0 Å². The highest BCUT2D eigenvalue weighted by Gasteiger charge is 2.07. The zero-order chi connectivity index (χ0) is 11.3. The molecule has 0 aliphatic heterocycles. The van der Waals surface area contributed by atoms with Crippen molar-refractivity contribution in [1.82, 2.24) is 0 Å². The maximum absolute atomic E-state index is 9.79. The van der Waals surface area contributed by atoms with Gasteiger partial charge in [-0.1, -0.05) is 38.1 Å². The Morgan fingerprint density at radius 1 is 1.20 bits per heavy atom. The third kappa shape index (κ3) is 3.54. The van der Waals surface area contributed by atoms with Crippen LogP contribution in [0.15, 0.2) is 24.3 Å². The van der Waals surface area contributed by atoms with Gasteiger partial charge in [0.2, 0.25) is 0 Å². The summed E-state index contributed by atoms with van der Waals surface area (Å²) in [5, 5.41) is 9.79. The number of aliphatic hydroxyl groups is 1. The van der Waals surface area contributed by atoms with Crippen LogP contribution in [0.4, 0.5) is 0 Å². The van der Waals surface area contributed by atoms with Gasteiger partial charge in [-0.25, -0.2) is 0 Å². The number of hydrogen-bond donors (Lipinski definition) is 1. The van der Waals surface area contributed by atoms with Crippen LogP contribution < -0.4 is 0 Å². The first-order valence-electron chi connectivity index (χ1n) is 5.45. The van der Waals surface area contributed by atoms with E-state index in [2.05, 4.69) is 26.0 Å². The Labute approximate surface area is 96.9 Å². The molecule has 1 aromatic carbocycles. The summed E-state index contributed by atoms with van der Waals surface area (Å²) >= 11 is 1.67. The first-order chi connectivity index (χ1) is 7.19. The molecule has 84 valence electrons. The van der Waals surface area contributed by atoms with Crippen molar-refractivity contribution >= 4 is 11.8 Å². The highest BCUT2D eigenvalue weighted by atomic mass is 32.2. The molecule has 0 aliphatic rings. The summed E-state index contributed by atoms with van der Waals surface area (Å²) in [6.45, 7) is 4.43. The van der Waals surface area contributed by atoms with Crippen molar-refractivity contribution in [3.63, 3.8) is 0 Å². The molecular formula is C13H20OS. The van der Waals surface area contributed by atoms with Crippen LogP contribution in [0.5, 0.6) is 0 Å². The third-order valence-electron chi connectivity index (χ3n) is 2.83. The predicted octanol–water partition coefficient (Wildman–Crippen LogP) is 3.60. The highest BCUT2D eigenvalue weighted by Crippen LogP contribution is 2.22. The molecule has 0 heterocycles. The topological polar surface area (TPSA) is 20.2 Å². The molecule has 2 heteroatoms. The molecule has 0 radical (unpaired) electrons. The lowest BCUT2D eigenvalue weighted by atomic mass is 9.97. The Hall–Kier alpha value is -0.470. The smallest absolute Gasteiger partial charge is 0.0880 e. The molecule has 1 nitrogen and oxygen atoms in total. The number of aliphatic hydroxyl groups excluding tert-OH is 1. The van der Waals surface area contributed by atoms with Gasteiger partial charge < -0.3 is 5.11 Å². The Kier molecular flexibility index (Phi) is 5.20. The van der Waals surface area contributed by atoms with E-state index in [0.717, 1.165) is 17.7 Å². The van der Waals surface area contributed by atoms with Crippen molar-refractivity contribution < 1.29 is 5.11 Å². The fourth-order valence-corrected chi connectivity index (χ4v) is 2.04. The van der Waals surface area contributed by atoms with Crippen molar-refractivity contribution in [2.24, 2.45) is 0 Å². The quantitative estimate of drug-likeness (QED) is 0.824. The van der Waals surface area contributed by atoms with Crippen molar-refractivity contribution in [2.45, 2.75) is 32.3 Å². The van der Waals surface area contributed by atoms with E-state index >= 15 is 0 Å². The summed E-state index contributed by atoms with van der Waals surface area (Å²) < 4.78 is 0. The van der Waals surface area contributed by atoms with E-state index in [9.17, 15) is 5.11 Å². The standard InChI is InChI=1S/C13H20OS/c1-4-10(2)11-5-7-12(8-6-11)13(14)9-15-3/h5-8,10,13-14H,4,9H2,1-3H3. The summed E-state index contributed by atoms with van der Waals surface area (Å²) in [5.74, 6) is 1.37. The first-order valence-corrected chi connectivity index (χ1v) is 6.85. The minimum absolute atomic E-state index is 0.328. The van der Waals surface area contributed by atoms with Crippen LogP contribution in [0.25, 0.3) is 0 Å². The van der Waals surface area contributed by atoms with Crippen LogP contribution in [0.2, 0.25) is 0 Å². The predicted molar refractivity (Wildman–Crippen MR) is 68.5 cm³/mol. The Morgan fingerprint density at radius 3 is 2.20 bits per heavy atom. The van der Waals surface area contributed by atoms with Crippen LogP contribution in [0.1, 0.15) is 43.4 Å². The van der Waals surface area contributed by atoms with Gasteiger partial charge in [0.05, 0.1) is 6.10 Å². The normalized spacial score (nSPS) is 14.9. The van der Waals surface area contributed by atoms with E-state index < -0.39 is 0 Å². The largest absolute Gasteiger partial charge is 0.388 e. The van der Waals surface area contributed by atoms with E-state index in [0.29, 0.717) is 5.92 Å². The molecule has 0 saturated heterocycles. The first kappa shape index (κ1) is 12.6. The average Bonchev–Trinajstić information content (AvgIpc) is 2.28. The summed E-state index contributed by atoms with van der Waals surface area (Å²) in [6, 6.07) is 8.35. The number of hydrogen-bond acceptors (Lipinski definition) is 2. The lowest BCUT2D eigenvalue weighted by Crippen LogP contribution is -2.00. The fourth-order valence-electron chi connectivity index (χ4n) is 1.54. The fraction of sp³-hybridized carbons (Fsp3) is 0.538. The molecule has 1 rings (SSSR count). The second-order valence-electron chi connectivity index (χ2n) is 3.95. The molecule has 2 atom stereocenters. The zero-order valence-electron chi connectivity index (χ0n) is 9.73. The maximum atomic E-state index is 9.79. The van der Waals surface area contributed by atoms with E-state index in [1.165, 1.54) is 5.56 Å². The zero-order valence-corrected chi connectivity index (χ0v) is 10.6. The highest BCUT2D eigenvalue weighted by molar-refractivity contribution is 7.98. The molecule has 0 bridgehead atoms. The van der Waals surface area contributed by atoms with E-state index in [4.69, 9.17) is 0 Å². The van der Waals surface area contributed by atoms with E-state index in [1.54, 1.807) is 11.8 Å². The Morgan fingerprint density at radius 2 is 1.73 bits per heavy atom. The molecule has 1 N–H and O–H groups in total. The lowest BCUT2D eigenvalue weighted by Gasteiger charge is -2.12. The van der Waals surface area contributed by atoms with Crippen LogP contribution in [-0.2, 0) is 0 Å². The van der Waals surface area contributed by atoms with Gasteiger partial charge in [-0.05, 0) is 29.7 Å². The van der Waals surface area contributed by atoms with Gasteiger partial charge in [-0.15, -0.1) is 0 Å². The summed E-state index contributed by atoms with van der Waals surface area (Å²) in [6.07, 6.45) is 2.84. The second-order valence-corrected chi connectivity index (χ2v) is 4.86. The number of benzene rings is 1. The number of rotatable bonds is 5. The maximum Gasteiger partial charge on any atom is 0.0880 e. The molecule has 0 spiro atoms. The van der Waals surface area contributed by atoms with Gasteiger partial charge in [0, 0.05) is 5.75 Å². The van der Waals surface area contributed by atoms with Gasteiger partial charge in [0.1, 0.15) is 0 Å². The van der Waals surface area contributed by atoms with Crippen molar-refractivity contribution in [3.8, 4) is 0 Å². The Bertz CT molecular complexity index is 281. The van der Waals surface area contributed by atoms with Gasteiger partial charge in [0.15, 0.2) is 0 Å². The molecule has 15 heavy (non-hydrogen) atoms. The van der Waals surface area contributed by atoms with Crippen LogP contribution in [0, 0.1) is 0 Å². The second kappa shape index (κ2) is 6.19. The molecule has 0 aliphatic carbocycles. The summed E-state index contributed by atoms with van der Waals surface area (Å²) in [7, 11) is 0. The Balaban J connectivity index is 2.71. The van der Waals surface area contributed by atoms with Crippen molar-refractivity contribution in [1.29, 1.82) is 0 Å². The average molecular weight is 224 g/mol. The molecule has 0 aromatic heterocycles. The molecule has 0 fully saturated rings. The molecular weight excluding hydrogens is 204 g/mol. The minimum Gasteiger partial charge on any atom is -0.388 e. The van der Waals surface area contributed by atoms with Gasteiger partial charge >= 0.3 is 0 Å². The van der Waals surface area contributed by atoms with Crippen molar-refractivity contribution in [3.05, 3.63) is 35.4 Å². The van der Waals surface area contributed by atoms with Crippen molar-refractivity contribution in [2.75, 3.05) is 12.0 Å². The lowest BCUT2D eigenvalue weighted by molar-refractivity contribution is 0.204. The SMILES string of the molecule is CCC(C)c1ccc(C(O)CSC)cc1. The van der Waals surface area contributed by atoms with Gasteiger partial charge in [-0.3, -0.25) is 0 Å². The van der Waals surface area contributed by atoms with Gasteiger partial charge in [-0.2, -0.15) is 11.8 Å². The van der Waals surface area contributed by atoms with E-state index in [1.807, 2.05) is 18.4 Å². The minimum atomic E-state index is -0.328. The van der Waals surface area contributed by atoms with Crippen LogP contribution in [0.3, 0.4) is 0 Å². The molecule has 2 unspecified atom stereocenters. The van der Waals surface area contributed by atoms with E-state index in [-0.39, 0.29) is 6.10 Å². The van der Waals surface area contributed by atoms with Crippen LogP contribution in [-0.4, -0.2) is 17.1 Å². The monoisotopic (exact) mass is 224 g/mol.